The third-order valence-corrected chi connectivity index (χ3v) is 4.49. The number of hydrogen-bond acceptors (Lipinski definition) is 5. The van der Waals surface area contributed by atoms with Gasteiger partial charge >= 0.3 is 0 Å². The second-order valence-corrected chi connectivity index (χ2v) is 5.80. The molecule has 1 aliphatic heterocycles. The van der Waals surface area contributed by atoms with E-state index in [1.54, 1.807) is 0 Å². The van der Waals surface area contributed by atoms with E-state index in [1.807, 2.05) is 6.07 Å². The number of rotatable bonds is 3. The standard InChI is InChI=1S/C10H11N3O3S/c11-3-9-1-2-10(4-12-9)17(15,16)13-5-8(6-13)7-14/h1-2,4,8,14H,5-7H2. The summed E-state index contributed by atoms with van der Waals surface area (Å²) in [6, 6.07) is 4.57. The zero-order chi connectivity index (χ0) is 12.5. The molecule has 0 aliphatic carbocycles. The lowest BCUT2D eigenvalue weighted by atomic mass is 10.1. The van der Waals surface area contributed by atoms with Crippen LogP contribution in [-0.2, 0) is 10.0 Å². The Morgan fingerprint density at radius 1 is 1.53 bits per heavy atom. The van der Waals surface area contributed by atoms with E-state index in [9.17, 15) is 8.42 Å². The zero-order valence-corrected chi connectivity index (χ0v) is 9.76. The smallest absolute Gasteiger partial charge is 0.244 e. The summed E-state index contributed by atoms with van der Waals surface area (Å²) in [6.07, 6.45) is 1.18. The van der Waals surface area contributed by atoms with Crippen molar-refractivity contribution in [1.29, 1.82) is 5.26 Å². The van der Waals surface area contributed by atoms with Gasteiger partial charge in [-0.3, -0.25) is 0 Å². The second-order valence-electron chi connectivity index (χ2n) is 3.86. The average molecular weight is 253 g/mol. The summed E-state index contributed by atoms with van der Waals surface area (Å²) < 4.78 is 25.3. The van der Waals surface area contributed by atoms with Crippen molar-refractivity contribution in [2.24, 2.45) is 5.92 Å². The molecular formula is C10H11N3O3S. The number of sulfonamides is 1. The minimum absolute atomic E-state index is 0.00234. The molecule has 0 aromatic carbocycles. The Kier molecular flexibility index (Phi) is 3.11. The molecule has 90 valence electrons. The van der Waals surface area contributed by atoms with E-state index in [2.05, 4.69) is 4.98 Å². The lowest BCUT2D eigenvalue weighted by Gasteiger charge is -2.36. The predicted octanol–water partition coefficient (Wildman–Crippen LogP) is -0.434. The lowest BCUT2D eigenvalue weighted by Crippen LogP contribution is -2.51. The Balaban J connectivity index is 2.19. The largest absolute Gasteiger partial charge is 0.396 e. The molecule has 0 saturated carbocycles. The Hall–Kier alpha value is -1.49. The van der Waals surface area contributed by atoms with Crippen LogP contribution in [0.5, 0.6) is 0 Å². The van der Waals surface area contributed by atoms with Gasteiger partial charge in [0.2, 0.25) is 10.0 Å². The fraction of sp³-hybridized carbons (Fsp3) is 0.400. The maximum absolute atomic E-state index is 12.0. The Morgan fingerprint density at radius 3 is 2.71 bits per heavy atom. The number of aliphatic hydroxyl groups is 1. The van der Waals surface area contributed by atoms with Crippen molar-refractivity contribution >= 4 is 10.0 Å². The fourth-order valence-corrected chi connectivity index (χ4v) is 3.12. The summed E-state index contributed by atoms with van der Waals surface area (Å²) in [6.45, 7) is 0.662. The first-order valence-electron chi connectivity index (χ1n) is 5.05. The summed E-state index contributed by atoms with van der Waals surface area (Å²) >= 11 is 0. The number of nitrogens with zero attached hydrogens (tertiary/aromatic N) is 3. The maximum atomic E-state index is 12.0. The second kappa shape index (κ2) is 4.41. The molecule has 1 aromatic rings. The van der Waals surface area contributed by atoms with Gasteiger partial charge in [0.05, 0.1) is 0 Å². The van der Waals surface area contributed by atoms with Gasteiger partial charge in [-0.25, -0.2) is 13.4 Å². The molecule has 0 atom stereocenters. The molecule has 0 spiro atoms. The third kappa shape index (κ3) is 2.15. The van der Waals surface area contributed by atoms with Gasteiger partial charge in [-0.1, -0.05) is 0 Å². The van der Waals surface area contributed by atoms with Gasteiger partial charge in [-0.15, -0.1) is 0 Å². The number of aromatic nitrogens is 1. The molecule has 7 heteroatoms. The first kappa shape index (κ1) is 12.0. The van der Waals surface area contributed by atoms with Crippen LogP contribution in [0.1, 0.15) is 5.69 Å². The van der Waals surface area contributed by atoms with Crippen LogP contribution in [0.4, 0.5) is 0 Å². The van der Waals surface area contributed by atoms with Crippen LogP contribution in [0, 0.1) is 17.2 Å². The molecule has 6 nitrogen and oxygen atoms in total. The van der Waals surface area contributed by atoms with Crippen molar-refractivity contribution < 1.29 is 13.5 Å². The van der Waals surface area contributed by atoms with Crippen LogP contribution in [0.2, 0.25) is 0 Å². The Morgan fingerprint density at radius 2 is 2.24 bits per heavy atom. The van der Waals surface area contributed by atoms with Crippen LogP contribution in [-0.4, -0.2) is 42.5 Å². The lowest BCUT2D eigenvalue weighted by molar-refractivity contribution is 0.117. The molecule has 1 aliphatic rings. The molecule has 0 radical (unpaired) electrons. The van der Waals surface area contributed by atoms with Gasteiger partial charge < -0.3 is 5.11 Å². The highest BCUT2D eigenvalue weighted by atomic mass is 32.2. The average Bonchev–Trinajstić information content (AvgIpc) is 2.27. The van der Waals surface area contributed by atoms with Crippen molar-refractivity contribution in [2.75, 3.05) is 19.7 Å². The molecule has 0 bridgehead atoms. The first-order chi connectivity index (χ1) is 8.07. The highest BCUT2D eigenvalue weighted by Crippen LogP contribution is 2.24. The van der Waals surface area contributed by atoms with Gasteiger partial charge in [-0.05, 0) is 12.1 Å². The minimum Gasteiger partial charge on any atom is -0.396 e. The molecule has 17 heavy (non-hydrogen) atoms. The minimum atomic E-state index is -3.52. The molecular weight excluding hydrogens is 242 g/mol. The van der Waals surface area contributed by atoms with Crippen molar-refractivity contribution in [2.45, 2.75) is 4.90 Å². The Bertz CT molecular complexity index is 541. The predicted molar refractivity (Wildman–Crippen MR) is 58.3 cm³/mol. The SMILES string of the molecule is N#Cc1ccc(S(=O)(=O)N2CC(CO)C2)cn1. The van der Waals surface area contributed by atoms with Gasteiger partial charge in [0.15, 0.2) is 0 Å². The normalized spacial score (nSPS) is 17.4. The van der Waals surface area contributed by atoms with Gasteiger partial charge in [-0.2, -0.15) is 9.57 Å². The highest BCUT2D eigenvalue weighted by Gasteiger charge is 2.36. The summed E-state index contributed by atoms with van der Waals surface area (Å²) in [7, 11) is -3.52. The molecule has 1 saturated heterocycles. The monoisotopic (exact) mass is 253 g/mol. The molecule has 2 heterocycles. The topological polar surface area (TPSA) is 94.3 Å². The highest BCUT2D eigenvalue weighted by molar-refractivity contribution is 7.89. The summed E-state index contributed by atoms with van der Waals surface area (Å²) in [5, 5.41) is 17.4. The van der Waals surface area contributed by atoms with Crippen LogP contribution in [0.15, 0.2) is 23.2 Å². The van der Waals surface area contributed by atoms with Crippen molar-refractivity contribution in [3.8, 4) is 6.07 Å². The van der Waals surface area contributed by atoms with Gasteiger partial charge in [0.1, 0.15) is 16.7 Å². The van der Waals surface area contributed by atoms with Crippen LogP contribution in [0.25, 0.3) is 0 Å². The summed E-state index contributed by atoms with van der Waals surface area (Å²) in [4.78, 5) is 3.80. The molecule has 0 unspecified atom stereocenters. The van der Waals surface area contributed by atoms with Gasteiger partial charge in [0, 0.05) is 31.8 Å². The summed E-state index contributed by atoms with van der Waals surface area (Å²) in [5.74, 6) is 0.0242. The van der Waals surface area contributed by atoms with E-state index in [0.717, 1.165) is 0 Å². The van der Waals surface area contributed by atoms with E-state index in [4.69, 9.17) is 10.4 Å². The van der Waals surface area contributed by atoms with Crippen molar-refractivity contribution in [3.63, 3.8) is 0 Å². The molecule has 1 aromatic heterocycles. The van der Waals surface area contributed by atoms with E-state index in [1.165, 1.54) is 22.6 Å². The molecule has 1 fully saturated rings. The quantitative estimate of drug-likeness (QED) is 0.788. The molecule has 2 rings (SSSR count). The number of pyridine rings is 1. The van der Waals surface area contributed by atoms with Crippen molar-refractivity contribution in [3.05, 3.63) is 24.0 Å². The molecule has 0 amide bonds. The number of aliphatic hydroxyl groups excluding tert-OH is 1. The molecule has 1 N–H and O–H groups in total. The first-order valence-corrected chi connectivity index (χ1v) is 6.49. The summed E-state index contributed by atoms with van der Waals surface area (Å²) in [5.41, 5.74) is 0.181. The third-order valence-electron chi connectivity index (χ3n) is 2.67. The van der Waals surface area contributed by atoms with Gasteiger partial charge in [0.25, 0.3) is 0 Å². The number of hydrogen-bond donors (Lipinski definition) is 1. The number of nitriles is 1. The zero-order valence-electron chi connectivity index (χ0n) is 8.94. The van der Waals surface area contributed by atoms with Crippen LogP contribution >= 0.6 is 0 Å². The van der Waals surface area contributed by atoms with Crippen LogP contribution < -0.4 is 0 Å². The van der Waals surface area contributed by atoms with E-state index in [0.29, 0.717) is 13.1 Å². The van der Waals surface area contributed by atoms with E-state index < -0.39 is 10.0 Å². The van der Waals surface area contributed by atoms with Crippen molar-refractivity contribution in [1.82, 2.24) is 9.29 Å². The van der Waals surface area contributed by atoms with Crippen LogP contribution in [0.3, 0.4) is 0 Å². The van der Waals surface area contributed by atoms with E-state index in [-0.39, 0.29) is 23.1 Å². The fourth-order valence-electron chi connectivity index (χ4n) is 1.58. The Labute approximate surface area is 99.2 Å². The van der Waals surface area contributed by atoms with E-state index >= 15 is 0 Å². The maximum Gasteiger partial charge on any atom is 0.244 e.